The SMILES string of the molecule is CC(=NCCCCN(C)C)C1=C(O)CC(C)(C)CC1=O. The Morgan fingerprint density at radius 2 is 1.95 bits per heavy atom. The number of hydrogen-bond acceptors (Lipinski definition) is 4. The molecule has 1 aliphatic rings. The second-order valence-electron chi connectivity index (χ2n) is 6.74. The van der Waals surface area contributed by atoms with Crippen molar-refractivity contribution in [3.05, 3.63) is 11.3 Å². The molecule has 0 atom stereocenters. The topological polar surface area (TPSA) is 52.9 Å². The molecule has 4 heteroatoms. The Kier molecular flexibility index (Phi) is 5.93. The van der Waals surface area contributed by atoms with Crippen LogP contribution in [0.5, 0.6) is 0 Å². The zero-order chi connectivity index (χ0) is 15.3. The lowest BCUT2D eigenvalue weighted by Gasteiger charge is -2.29. The van der Waals surface area contributed by atoms with E-state index in [1.165, 1.54) is 0 Å². The van der Waals surface area contributed by atoms with Crippen LogP contribution in [0.3, 0.4) is 0 Å². The van der Waals surface area contributed by atoms with E-state index in [4.69, 9.17) is 0 Å². The molecule has 0 saturated carbocycles. The summed E-state index contributed by atoms with van der Waals surface area (Å²) < 4.78 is 0. The van der Waals surface area contributed by atoms with Gasteiger partial charge in [-0.25, -0.2) is 0 Å². The molecular formula is C16H28N2O2. The summed E-state index contributed by atoms with van der Waals surface area (Å²) in [6.07, 6.45) is 3.14. The molecule has 0 aliphatic heterocycles. The maximum atomic E-state index is 12.1. The van der Waals surface area contributed by atoms with Crippen molar-refractivity contribution in [1.82, 2.24) is 4.90 Å². The van der Waals surface area contributed by atoms with Gasteiger partial charge in [0.15, 0.2) is 5.78 Å². The van der Waals surface area contributed by atoms with Crippen LogP contribution in [0.25, 0.3) is 0 Å². The van der Waals surface area contributed by atoms with E-state index in [-0.39, 0.29) is 17.0 Å². The molecule has 0 saturated heterocycles. The van der Waals surface area contributed by atoms with Crippen LogP contribution >= 0.6 is 0 Å². The van der Waals surface area contributed by atoms with Gasteiger partial charge in [0.25, 0.3) is 0 Å². The summed E-state index contributed by atoms with van der Waals surface area (Å²) in [5, 5.41) is 10.1. The number of hydrogen-bond donors (Lipinski definition) is 1. The molecule has 0 aromatic heterocycles. The van der Waals surface area contributed by atoms with E-state index in [2.05, 4.69) is 24.0 Å². The van der Waals surface area contributed by atoms with E-state index >= 15 is 0 Å². The molecule has 0 heterocycles. The predicted molar refractivity (Wildman–Crippen MR) is 83.4 cm³/mol. The number of ketones is 1. The third-order valence-corrected chi connectivity index (χ3v) is 3.58. The molecule has 0 fully saturated rings. The van der Waals surface area contributed by atoms with Gasteiger partial charge in [0.2, 0.25) is 0 Å². The van der Waals surface area contributed by atoms with Gasteiger partial charge in [-0.3, -0.25) is 9.79 Å². The van der Waals surface area contributed by atoms with Crippen LogP contribution in [0.4, 0.5) is 0 Å². The Labute approximate surface area is 122 Å². The highest BCUT2D eigenvalue weighted by Crippen LogP contribution is 2.36. The summed E-state index contributed by atoms with van der Waals surface area (Å²) >= 11 is 0. The molecule has 1 rings (SSSR count). The lowest BCUT2D eigenvalue weighted by atomic mass is 9.76. The molecule has 0 spiro atoms. The third kappa shape index (κ3) is 5.08. The Hall–Kier alpha value is -1.16. The second-order valence-corrected chi connectivity index (χ2v) is 6.74. The van der Waals surface area contributed by atoms with E-state index in [9.17, 15) is 9.90 Å². The minimum Gasteiger partial charge on any atom is -0.511 e. The minimum atomic E-state index is -0.142. The van der Waals surface area contributed by atoms with Crippen molar-refractivity contribution in [2.45, 2.75) is 46.5 Å². The van der Waals surface area contributed by atoms with Gasteiger partial charge in [-0.2, -0.15) is 0 Å². The van der Waals surface area contributed by atoms with E-state index < -0.39 is 0 Å². The fourth-order valence-electron chi connectivity index (χ4n) is 2.56. The second kappa shape index (κ2) is 7.02. The molecule has 1 N–H and O–H groups in total. The fraction of sp³-hybridized carbons (Fsp3) is 0.750. The lowest BCUT2D eigenvalue weighted by molar-refractivity contribution is -0.117. The number of aliphatic hydroxyl groups is 1. The standard InChI is InChI=1S/C16H28N2O2/c1-12(17-8-6-7-9-18(4)5)15-13(19)10-16(2,3)11-14(15)20/h19H,6-11H2,1-5H3. The van der Waals surface area contributed by atoms with Gasteiger partial charge in [-0.05, 0) is 45.8 Å². The van der Waals surface area contributed by atoms with Crippen molar-refractivity contribution in [3.8, 4) is 0 Å². The molecule has 0 radical (unpaired) electrons. The van der Waals surface area contributed by atoms with Gasteiger partial charge in [0.1, 0.15) is 5.76 Å². The highest BCUT2D eigenvalue weighted by atomic mass is 16.3. The van der Waals surface area contributed by atoms with Crippen LogP contribution in [0, 0.1) is 5.41 Å². The largest absolute Gasteiger partial charge is 0.511 e. The number of rotatable bonds is 6. The highest BCUT2D eigenvalue weighted by Gasteiger charge is 2.33. The molecule has 0 amide bonds. The number of unbranched alkanes of at least 4 members (excludes halogenated alkanes) is 1. The summed E-state index contributed by atoms with van der Waals surface area (Å²) in [6.45, 7) is 7.60. The van der Waals surface area contributed by atoms with Gasteiger partial charge in [0.05, 0.1) is 5.57 Å². The molecule has 0 bridgehead atoms. The number of allylic oxidation sites excluding steroid dienone is 2. The van der Waals surface area contributed by atoms with Crippen LogP contribution in [0.2, 0.25) is 0 Å². The third-order valence-electron chi connectivity index (χ3n) is 3.58. The Morgan fingerprint density at radius 1 is 1.30 bits per heavy atom. The van der Waals surface area contributed by atoms with E-state index in [0.717, 1.165) is 19.4 Å². The highest BCUT2D eigenvalue weighted by molar-refractivity contribution is 6.22. The molecule has 0 aromatic rings. The summed E-state index contributed by atoms with van der Waals surface area (Å²) in [7, 11) is 4.11. The molecule has 20 heavy (non-hydrogen) atoms. The Balaban J connectivity index is 2.62. The van der Waals surface area contributed by atoms with Crippen LogP contribution in [-0.4, -0.2) is 48.7 Å². The molecular weight excluding hydrogens is 252 g/mol. The Bertz CT molecular complexity index is 420. The van der Waals surface area contributed by atoms with Crippen LogP contribution < -0.4 is 0 Å². The van der Waals surface area contributed by atoms with Gasteiger partial charge in [-0.15, -0.1) is 0 Å². The average Bonchev–Trinajstić information content (AvgIpc) is 2.24. The smallest absolute Gasteiger partial charge is 0.168 e. The van der Waals surface area contributed by atoms with Crippen molar-refractivity contribution in [2.24, 2.45) is 10.4 Å². The van der Waals surface area contributed by atoms with Gasteiger partial charge < -0.3 is 10.0 Å². The summed E-state index contributed by atoms with van der Waals surface area (Å²) in [5.74, 6) is 0.231. The maximum absolute atomic E-state index is 12.1. The molecule has 0 aromatic carbocycles. The first kappa shape index (κ1) is 16.9. The first-order chi connectivity index (χ1) is 9.23. The molecule has 1 aliphatic carbocycles. The fourth-order valence-corrected chi connectivity index (χ4v) is 2.56. The first-order valence-corrected chi connectivity index (χ1v) is 7.34. The zero-order valence-corrected chi connectivity index (χ0v) is 13.5. The minimum absolute atomic E-state index is 0.0216. The van der Waals surface area contributed by atoms with Crippen molar-refractivity contribution in [3.63, 3.8) is 0 Å². The molecule has 4 nitrogen and oxygen atoms in total. The number of aliphatic hydroxyl groups excluding tert-OH is 1. The maximum Gasteiger partial charge on any atom is 0.168 e. The van der Waals surface area contributed by atoms with E-state index in [0.29, 0.717) is 30.7 Å². The Morgan fingerprint density at radius 3 is 2.50 bits per heavy atom. The van der Waals surface area contributed by atoms with Crippen molar-refractivity contribution >= 4 is 11.5 Å². The first-order valence-electron chi connectivity index (χ1n) is 7.34. The van der Waals surface area contributed by atoms with Crippen molar-refractivity contribution < 1.29 is 9.90 Å². The van der Waals surface area contributed by atoms with Crippen LogP contribution in [0.15, 0.2) is 16.3 Å². The van der Waals surface area contributed by atoms with Crippen molar-refractivity contribution in [1.29, 1.82) is 0 Å². The number of nitrogens with zero attached hydrogens (tertiary/aromatic N) is 2. The van der Waals surface area contributed by atoms with E-state index in [1.807, 2.05) is 20.8 Å². The zero-order valence-electron chi connectivity index (χ0n) is 13.5. The predicted octanol–water partition coefficient (Wildman–Crippen LogP) is 2.99. The summed E-state index contributed by atoms with van der Waals surface area (Å²) in [5.41, 5.74) is 1.00. The molecule has 0 unspecified atom stereocenters. The van der Waals surface area contributed by atoms with Gasteiger partial charge in [0, 0.05) is 25.1 Å². The monoisotopic (exact) mass is 280 g/mol. The lowest BCUT2D eigenvalue weighted by Crippen LogP contribution is -2.28. The normalized spacial score (nSPS) is 19.9. The number of carbonyl (C=O) groups is 1. The number of aliphatic imine (C=N–C) groups is 1. The van der Waals surface area contributed by atoms with Crippen molar-refractivity contribution in [2.75, 3.05) is 27.2 Å². The van der Waals surface area contributed by atoms with Crippen LogP contribution in [-0.2, 0) is 4.79 Å². The van der Waals surface area contributed by atoms with Gasteiger partial charge >= 0.3 is 0 Å². The van der Waals surface area contributed by atoms with E-state index in [1.54, 1.807) is 0 Å². The number of Topliss-reactive ketones (excluding diaryl/α,β-unsaturated/α-hetero) is 1. The van der Waals surface area contributed by atoms with Crippen LogP contribution in [0.1, 0.15) is 46.5 Å². The summed E-state index contributed by atoms with van der Waals surface area (Å²) in [4.78, 5) is 18.7. The van der Waals surface area contributed by atoms with Gasteiger partial charge in [-0.1, -0.05) is 13.8 Å². The summed E-state index contributed by atoms with van der Waals surface area (Å²) in [6, 6.07) is 0. The molecule has 114 valence electrons. The average molecular weight is 280 g/mol. The number of carbonyl (C=O) groups excluding carboxylic acids is 1. The quantitative estimate of drug-likeness (QED) is 0.601.